The normalized spacial score (nSPS) is 15.4. The van der Waals surface area contributed by atoms with Gasteiger partial charge in [0.2, 0.25) is 5.91 Å². The zero-order valence-electron chi connectivity index (χ0n) is 10.8. The van der Waals surface area contributed by atoms with Crippen LogP contribution in [-0.2, 0) is 17.6 Å². The summed E-state index contributed by atoms with van der Waals surface area (Å²) in [5, 5.41) is 0. The standard InChI is InChI=1S/C14H18ClNOS/c1-10(2)14(17)16-7-5-11-3-4-13(18-15)9-12(11)6-8-16/h3-4,9-10H,5-8H2,1-2H3. The van der Waals surface area contributed by atoms with E-state index in [0.717, 1.165) is 30.8 Å². The number of halogens is 1. The fourth-order valence-corrected chi connectivity index (χ4v) is 2.93. The summed E-state index contributed by atoms with van der Waals surface area (Å²) < 4.78 is 0. The number of carbonyl (C=O) groups excluding carboxylic acids is 1. The molecule has 1 aromatic carbocycles. The van der Waals surface area contributed by atoms with Crippen LogP contribution >= 0.6 is 21.7 Å². The largest absolute Gasteiger partial charge is 0.342 e. The fraction of sp³-hybridized carbons (Fsp3) is 0.500. The Balaban J connectivity index is 2.14. The van der Waals surface area contributed by atoms with E-state index >= 15 is 0 Å². The van der Waals surface area contributed by atoms with Gasteiger partial charge in [0.25, 0.3) is 0 Å². The highest BCUT2D eigenvalue weighted by Crippen LogP contribution is 2.26. The molecule has 1 aliphatic heterocycles. The molecule has 4 heteroatoms. The predicted octanol–water partition coefficient (Wildman–Crippen LogP) is 3.52. The van der Waals surface area contributed by atoms with Crippen LogP contribution in [0.3, 0.4) is 0 Å². The maximum atomic E-state index is 12.0. The Morgan fingerprint density at radius 2 is 1.94 bits per heavy atom. The van der Waals surface area contributed by atoms with Crippen molar-refractivity contribution < 1.29 is 4.79 Å². The lowest BCUT2D eigenvalue weighted by molar-refractivity contribution is -0.134. The van der Waals surface area contributed by atoms with Gasteiger partial charge in [-0.2, -0.15) is 0 Å². The Labute approximate surface area is 117 Å². The molecule has 0 aromatic heterocycles. The maximum Gasteiger partial charge on any atom is 0.225 e. The molecule has 1 amide bonds. The van der Waals surface area contributed by atoms with Gasteiger partial charge in [-0.05, 0) is 57.8 Å². The van der Waals surface area contributed by atoms with Crippen LogP contribution in [0.1, 0.15) is 25.0 Å². The average molecular weight is 284 g/mol. The monoisotopic (exact) mass is 283 g/mol. The van der Waals surface area contributed by atoms with Gasteiger partial charge in [0, 0.05) is 23.9 Å². The second-order valence-corrected chi connectivity index (χ2v) is 6.08. The van der Waals surface area contributed by atoms with Gasteiger partial charge in [0.05, 0.1) is 0 Å². The van der Waals surface area contributed by atoms with Gasteiger partial charge in [-0.15, -0.1) is 0 Å². The molecule has 0 radical (unpaired) electrons. The molecule has 2 nitrogen and oxygen atoms in total. The number of hydrogen-bond acceptors (Lipinski definition) is 2. The van der Waals surface area contributed by atoms with Crippen molar-refractivity contribution in [1.29, 1.82) is 0 Å². The molecular weight excluding hydrogens is 266 g/mol. The van der Waals surface area contributed by atoms with E-state index in [4.69, 9.17) is 10.7 Å². The minimum Gasteiger partial charge on any atom is -0.342 e. The second-order valence-electron chi connectivity index (χ2n) is 4.99. The Morgan fingerprint density at radius 3 is 2.56 bits per heavy atom. The molecule has 1 aromatic rings. The summed E-state index contributed by atoms with van der Waals surface area (Å²) in [6.07, 6.45) is 1.88. The molecule has 18 heavy (non-hydrogen) atoms. The maximum absolute atomic E-state index is 12.0. The Hall–Kier alpha value is -0.670. The van der Waals surface area contributed by atoms with E-state index in [2.05, 4.69) is 18.2 Å². The van der Waals surface area contributed by atoms with Crippen LogP contribution < -0.4 is 0 Å². The molecule has 0 unspecified atom stereocenters. The van der Waals surface area contributed by atoms with Gasteiger partial charge in [-0.3, -0.25) is 4.79 Å². The van der Waals surface area contributed by atoms with Crippen molar-refractivity contribution in [3.63, 3.8) is 0 Å². The van der Waals surface area contributed by atoms with Crippen molar-refractivity contribution in [3.8, 4) is 0 Å². The van der Waals surface area contributed by atoms with Crippen molar-refractivity contribution in [3.05, 3.63) is 29.3 Å². The van der Waals surface area contributed by atoms with Gasteiger partial charge in [-0.25, -0.2) is 0 Å². The van der Waals surface area contributed by atoms with E-state index in [1.54, 1.807) is 0 Å². The molecule has 1 heterocycles. The molecule has 0 aliphatic carbocycles. The van der Waals surface area contributed by atoms with E-state index in [1.807, 2.05) is 18.7 Å². The molecule has 0 N–H and O–H groups in total. The fourth-order valence-electron chi connectivity index (χ4n) is 2.34. The van der Waals surface area contributed by atoms with Gasteiger partial charge in [-0.1, -0.05) is 19.9 Å². The minimum absolute atomic E-state index is 0.0835. The quantitative estimate of drug-likeness (QED) is 0.828. The number of carbonyl (C=O) groups is 1. The van der Waals surface area contributed by atoms with Gasteiger partial charge in [0.1, 0.15) is 0 Å². The topological polar surface area (TPSA) is 20.3 Å². The van der Waals surface area contributed by atoms with Crippen LogP contribution in [0.25, 0.3) is 0 Å². The summed E-state index contributed by atoms with van der Waals surface area (Å²) in [4.78, 5) is 15.1. The van der Waals surface area contributed by atoms with Crippen molar-refractivity contribution in [2.45, 2.75) is 31.6 Å². The van der Waals surface area contributed by atoms with Crippen LogP contribution in [-0.4, -0.2) is 23.9 Å². The van der Waals surface area contributed by atoms with Gasteiger partial charge in [0.15, 0.2) is 0 Å². The van der Waals surface area contributed by atoms with E-state index in [-0.39, 0.29) is 11.8 Å². The molecule has 0 fully saturated rings. The molecule has 98 valence electrons. The lowest BCUT2D eigenvalue weighted by Gasteiger charge is -2.22. The van der Waals surface area contributed by atoms with E-state index in [9.17, 15) is 4.79 Å². The zero-order valence-corrected chi connectivity index (χ0v) is 12.4. The van der Waals surface area contributed by atoms with Crippen molar-refractivity contribution in [2.24, 2.45) is 5.92 Å². The SMILES string of the molecule is CC(C)C(=O)N1CCc2ccc(SCl)cc2CC1. The average Bonchev–Trinajstić information content (AvgIpc) is 2.59. The lowest BCUT2D eigenvalue weighted by atomic mass is 10.0. The van der Waals surface area contributed by atoms with Crippen LogP contribution in [0.5, 0.6) is 0 Å². The number of amides is 1. The molecule has 0 saturated heterocycles. The first-order chi connectivity index (χ1) is 8.61. The van der Waals surface area contributed by atoms with Gasteiger partial charge >= 0.3 is 0 Å². The Kier molecular flexibility index (Phi) is 4.57. The summed E-state index contributed by atoms with van der Waals surface area (Å²) in [6, 6.07) is 6.34. The molecule has 0 bridgehead atoms. The molecule has 2 rings (SSSR count). The van der Waals surface area contributed by atoms with Crippen molar-refractivity contribution >= 4 is 27.6 Å². The Morgan fingerprint density at radius 1 is 1.28 bits per heavy atom. The molecule has 0 spiro atoms. The number of rotatable bonds is 2. The van der Waals surface area contributed by atoms with Gasteiger partial charge < -0.3 is 4.90 Å². The highest BCUT2D eigenvalue weighted by molar-refractivity contribution is 8.21. The summed E-state index contributed by atoms with van der Waals surface area (Å²) in [5.41, 5.74) is 2.68. The summed E-state index contributed by atoms with van der Waals surface area (Å²) in [5.74, 6) is 0.343. The summed E-state index contributed by atoms with van der Waals surface area (Å²) in [6.45, 7) is 5.57. The third-order valence-corrected chi connectivity index (χ3v) is 4.34. The third-order valence-electron chi connectivity index (χ3n) is 3.37. The smallest absolute Gasteiger partial charge is 0.225 e. The number of fused-ring (bicyclic) bond motifs is 1. The number of nitrogens with zero attached hydrogens (tertiary/aromatic N) is 1. The first-order valence-electron chi connectivity index (χ1n) is 6.31. The zero-order chi connectivity index (χ0) is 13.1. The second kappa shape index (κ2) is 5.98. The van der Waals surface area contributed by atoms with E-state index in [1.165, 1.54) is 22.1 Å². The number of hydrogen-bond donors (Lipinski definition) is 0. The van der Waals surface area contributed by atoms with Crippen molar-refractivity contribution in [2.75, 3.05) is 13.1 Å². The third kappa shape index (κ3) is 3.01. The first-order valence-corrected chi connectivity index (χ1v) is 7.95. The number of benzene rings is 1. The summed E-state index contributed by atoms with van der Waals surface area (Å²) >= 11 is 0. The molecule has 0 atom stereocenters. The first kappa shape index (κ1) is 13.8. The van der Waals surface area contributed by atoms with Crippen LogP contribution in [0.2, 0.25) is 0 Å². The predicted molar refractivity (Wildman–Crippen MR) is 77.0 cm³/mol. The summed E-state index contributed by atoms with van der Waals surface area (Å²) in [7, 11) is 7.04. The highest BCUT2D eigenvalue weighted by Gasteiger charge is 2.20. The lowest BCUT2D eigenvalue weighted by Crippen LogP contribution is -2.36. The molecular formula is C14H18ClNOS. The minimum atomic E-state index is 0.0835. The van der Waals surface area contributed by atoms with Crippen LogP contribution in [0, 0.1) is 5.92 Å². The highest BCUT2D eigenvalue weighted by atomic mass is 35.7. The molecule has 0 saturated carbocycles. The van der Waals surface area contributed by atoms with Crippen LogP contribution in [0.4, 0.5) is 0 Å². The van der Waals surface area contributed by atoms with Crippen molar-refractivity contribution in [1.82, 2.24) is 4.90 Å². The Bertz CT molecular complexity index is 447. The van der Waals surface area contributed by atoms with Crippen LogP contribution in [0.15, 0.2) is 23.1 Å². The van der Waals surface area contributed by atoms with E-state index < -0.39 is 0 Å². The van der Waals surface area contributed by atoms with E-state index in [0.29, 0.717) is 0 Å². The molecule has 1 aliphatic rings.